The fourth-order valence-corrected chi connectivity index (χ4v) is 3.43. The van der Waals surface area contributed by atoms with Crippen LogP contribution in [0.5, 0.6) is 0 Å². The van der Waals surface area contributed by atoms with Crippen LogP contribution >= 0.6 is 0 Å². The summed E-state index contributed by atoms with van der Waals surface area (Å²) in [7, 11) is 1.91. The second-order valence-electron chi connectivity index (χ2n) is 8.84. The molecule has 0 radical (unpaired) electrons. The van der Waals surface area contributed by atoms with Crippen molar-refractivity contribution < 1.29 is 17.6 Å². The minimum absolute atomic E-state index is 0.159. The third kappa shape index (κ3) is 8.81. The summed E-state index contributed by atoms with van der Waals surface area (Å²) in [6.07, 6.45) is -1.63. The molecule has 0 bridgehead atoms. The summed E-state index contributed by atoms with van der Waals surface area (Å²) >= 11 is 0. The van der Waals surface area contributed by atoms with Crippen LogP contribution in [0.15, 0.2) is 47.7 Å². The van der Waals surface area contributed by atoms with Crippen molar-refractivity contribution in [3.8, 4) is 11.4 Å². The number of hydrogen-bond donors (Lipinski definition) is 0. The zero-order valence-electron chi connectivity index (χ0n) is 22.9. The maximum absolute atomic E-state index is 13.8. The van der Waals surface area contributed by atoms with Gasteiger partial charge >= 0.3 is 6.18 Å². The molecule has 2 aromatic rings. The Bertz CT molecular complexity index is 1120. The van der Waals surface area contributed by atoms with E-state index in [-0.39, 0.29) is 11.9 Å². The number of hydrogen-bond acceptors (Lipinski definition) is 7. The van der Waals surface area contributed by atoms with E-state index in [4.69, 9.17) is 0 Å². The fourth-order valence-electron chi connectivity index (χ4n) is 3.43. The number of aryl methyl sites for hydroxylation is 1. The first-order chi connectivity index (χ1) is 17.9. The van der Waals surface area contributed by atoms with Crippen molar-refractivity contribution in [2.75, 3.05) is 43.0 Å². The third-order valence-corrected chi connectivity index (χ3v) is 5.84. The molecule has 1 fully saturated rings. The van der Waals surface area contributed by atoms with Crippen molar-refractivity contribution in [3.63, 3.8) is 0 Å². The van der Waals surface area contributed by atoms with Crippen LogP contribution in [-0.4, -0.2) is 71.5 Å². The molecule has 0 amide bonds. The SMILES string of the molecule is C=C(/N=C\C=C/CC(F)(F)F)N1CCN(c2nc(-c3ccc(F)c(C)c3)nc(N(C)C(C)C)n2)CC1.CC. The molecule has 3 rings (SSSR count). The van der Waals surface area contributed by atoms with Crippen molar-refractivity contribution >= 4 is 18.1 Å². The van der Waals surface area contributed by atoms with Gasteiger partial charge in [-0.05, 0) is 50.6 Å². The van der Waals surface area contributed by atoms with Crippen LogP contribution in [0.3, 0.4) is 0 Å². The van der Waals surface area contributed by atoms with E-state index in [1.807, 2.05) is 49.4 Å². The molecule has 11 heteroatoms. The lowest BCUT2D eigenvalue weighted by atomic mass is 10.1. The average molecular weight is 536 g/mol. The van der Waals surface area contributed by atoms with Gasteiger partial charge in [-0.15, -0.1) is 0 Å². The standard InChI is InChI=1S/C25H31F4N7.C2H6/c1-17(2)34(5)23-31-22(20-8-9-21(26)18(3)16-20)32-24(33-23)36-14-12-35(13-15-36)19(4)30-11-7-6-10-25(27,28)29;1-2/h6-9,11,16-17H,4,10,12-15H2,1-3,5H3;1-2H3/b7-6-,30-11-;. The smallest absolute Gasteiger partial charge is 0.354 e. The molecule has 0 atom stereocenters. The van der Waals surface area contributed by atoms with E-state index in [2.05, 4.69) is 26.5 Å². The number of allylic oxidation sites excluding steroid dienone is 2. The van der Waals surface area contributed by atoms with Crippen LogP contribution in [0, 0.1) is 12.7 Å². The minimum Gasteiger partial charge on any atom is -0.354 e. The molecule has 208 valence electrons. The molecule has 0 unspecified atom stereocenters. The Morgan fingerprint density at radius 3 is 2.37 bits per heavy atom. The predicted molar refractivity (Wildman–Crippen MR) is 146 cm³/mol. The summed E-state index contributed by atoms with van der Waals surface area (Å²) in [6.45, 7) is 16.1. The Morgan fingerprint density at radius 2 is 1.79 bits per heavy atom. The van der Waals surface area contributed by atoms with Crippen LogP contribution < -0.4 is 9.80 Å². The maximum Gasteiger partial charge on any atom is 0.392 e. The number of nitrogens with zero attached hydrogens (tertiary/aromatic N) is 7. The Morgan fingerprint density at radius 1 is 1.13 bits per heavy atom. The van der Waals surface area contributed by atoms with E-state index in [0.717, 1.165) is 6.08 Å². The van der Waals surface area contributed by atoms with Crippen LogP contribution in [0.2, 0.25) is 0 Å². The zero-order valence-corrected chi connectivity index (χ0v) is 22.9. The topological polar surface area (TPSA) is 60.8 Å². The molecule has 7 nitrogen and oxygen atoms in total. The van der Waals surface area contributed by atoms with E-state index < -0.39 is 12.6 Å². The van der Waals surface area contributed by atoms with Crippen LogP contribution in [0.1, 0.15) is 39.7 Å². The maximum atomic E-state index is 13.8. The molecule has 1 aliphatic rings. The number of piperazine rings is 1. The third-order valence-electron chi connectivity index (χ3n) is 5.84. The normalized spacial score (nSPS) is 14.3. The van der Waals surface area contributed by atoms with Gasteiger partial charge in [0.05, 0.1) is 6.42 Å². The van der Waals surface area contributed by atoms with E-state index >= 15 is 0 Å². The van der Waals surface area contributed by atoms with Crippen molar-refractivity contribution in [2.45, 2.75) is 53.3 Å². The first kappa shape index (κ1) is 30.7. The average Bonchev–Trinajstić information content (AvgIpc) is 2.89. The van der Waals surface area contributed by atoms with Gasteiger partial charge in [0.1, 0.15) is 11.6 Å². The van der Waals surface area contributed by atoms with Crippen LogP contribution in [-0.2, 0) is 0 Å². The highest BCUT2D eigenvalue weighted by Gasteiger charge is 2.25. The minimum atomic E-state index is -4.23. The second-order valence-corrected chi connectivity index (χ2v) is 8.84. The van der Waals surface area contributed by atoms with Gasteiger partial charge in [0.2, 0.25) is 11.9 Å². The highest BCUT2D eigenvalue weighted by Crippen LogP contribution is 2.25. The number of aromatic nitrogens is 3. The summed E-state index contributed by atoms with van der Waals surface area (Å²) in [5.41, 5.74) is 1.21. The monoisotopic (exact) mass is 535 g/mol. The lowest BCUT2D eigenvalue weighted by molar-refractivity contribution is -0.124. The van der Waals surface area contributed by atoms with E-state index in [0.29, 0.717) is 60.8 Å². The lowest BCUT2D eigenvalue weighted by Gasteiger charge is -2.36. The van der Waals surface area contributed by atoms with Gasteiger partial charge in [0.15, 0.2) is 5.82 Å². The van der Waals surface area contributed by atoms with Gasteiger partial charge in [-0.25, -0.2) is 9.38 Å². The largest absolute Gasteiger partial charge is 0.392 e. The summed E-state index contributed by atoms with van der Waals surface area (Å²) < 4.78 is 50.5. The molecule has 2 heterocycles. The summed E-state index contributed by atoms with van der Waals surface area (Å²) in [5, 5.41) is 0. The highest BCUT2D eigenvalue weighted by atomic mass is 19.4. The summed E-state index contributed by atoms with van der Waals surface area (Å²) in [4.78, 5) is 24.1. The summed E-state index contributed by atoms with van der Waals surface area (Å²) in [6, 6.07) is 4.94. The molecular formula is C27H37F4N7. The van der Waals surface area contributed by atoms with E-state index in [1.165, 1.54) is 18.4 Å². The van der Waals surface area contributed by atoms with Crippen molar-refractivity contribution in [1.82, 2.24) is 19.9 Å². The Labute approximate surface area is 222 Å². The quantitative estimate of drug-likeness (QED) is 0.304. The van der Waals surface area contributed by atoms with Crippen molar-refractivity contribution in [1.29, 1.82) is 0 Å². The van der Waals surface area contributed by atoms with Gasteiger partial charge in [-0.3, -0.25) is 0 Å². The Hall–Kier alpha value is -3.50. The van der Waals surface area contributed by atoms with E-state index in [1.54, 1.807) is 19.1 Å². The number of rotatable bonds is 8. The second kappa shape index (κ2) is 13.9. The molecule has 1 aliphatic heterocycles. The van der Waals surface area contributed by atoms with Gasteiger partial charge in [0.25, 0.3) is 0 Å². The van der Waals surface area contributed by atoms with Crippen LogP contribution in [0.25, 0.3) is 11.4 Å². The van der Waals surface area contributed by atoms with Gasteiger partial charge in [0, 0.05) is 51.0 Å². The fraction of sp³-hybridized carbons (Fsp3) is 0.481. The highest BCUT2D eigenvalue weighted by molar-refractivity contribution is 5.72. The molecule has 0 spiro atoms. The molecular weight excluding hydrogens is 498 g/mol. The first-order valence-electron chi connectivity index (χ1n) is 12.6. The van der Waals surface area contributed by atoms with Gasteiger partial charge in [-0.2, -0.15) is 28.1 Å². The van der Waals surface area contributed by atoms with Crippen LogP contribution in [0.4, 0.5) is 29.5 Å². The number of anilines is 2. The lowest BCUT2D eigenvalue weighted by Crippen LogP contribution is -2.46. The molecule has 1 aromatic carbocycles. The molecule has 0 saturated carbocycles. The van der Waals surface area contributed by atoms with Crippen molar-refractivity contribution in [3.05, 3.63) is 54.1 Å². The number of benzene rings is 1. The molecule has 1 aromatic heterocycles. The zero-order chi connectivity index (χ0) is 28.5. The summed E-state index contributed by atoms with van der Waals surface area (Å²) in [5.74, 6) is 1.70. The Balaban J connectivity index is 0.00000247. The van der Waals surface area contributed by atoms with Gasteiger partial charge < -0.3 is 14.7 Å². The number of aliphatic imine (C=N–C) groups is 1. The predicted octanol–water partition coefficient (Wildman–Crippen LogP) is 6.03. The molecule has 1 saturated heterocycles. The first-order valence-corrected chi connectivity index (χ1v) is 12.6. The molecule has 38 heavy (non-hydrogen) atoms. The molecule has 0 aliphatic carbocycles. The number of alkyl halides is 3. The number of halogens is 4. The Kier molecular flexibility index (Phi) is 11.2. The van der Waals surface area contributed by atoms with Gasteiger partial charge in [-0.1, -0.05) is 26.5 Å². The van der Waals surface area contributed by atoms with Crippen molar-refractivity contribution in [2.24, 2.45) is 4.99 Å². The van der Waals surface area contributed by atoms with E-state index in [9.17, 15) is 17.6 Å². The molecule has 0 N–H and O–H groups in total.